The fourth-order valence-corrected chi connectivity index (χ4v) is 5.62. The van der Waals surface area contributed by atoms with Crippen LogP contribution < -0.4 is 0 Å². The summed E-state index contributed by atoms with van der Waals surface area (Å²) in [6, 6.07) is 0. The predicted molar refractivity (Wildman–Crippen MR) is 112 cm³/mol. The molecule has 27 heavy (non-hydrogen) atoms. The van der Waals surface area contributed by atoms with Crippen molar-refractivity contribution in [2.24, 2.45) is 5.41 Å². The summed E-state index contributed by atoms with van der Waals surface area (Å²) < 4.78 is 6.27. The lowest BCUT2D eigenvalue weighted by atomic mass is 9.55. The number of aliphatic hydroxyl groups excluding tert-OH is 2. The summed E-state index contributed by atoms with van der Waals surface area (Å²) in [4.78, 5) is -1.11. The molecular weight excluding hydrogens is 364 g/mol. The molecule has 0 spiro atoms. The van der Waals surface area contributed by atoms with Crippen LogP contribution in [0.2, 0.25) is 0 Å². The van der Waals surface area contributed by atoms with Crippen LogP contribution in [-0.2, 0) is 4.74 Å². The summed E-state index contributed by atoms with van der Waals surface area (Å²) in [5.74, 6) is 0.799. The molecule has 1 rings (SSSR count). The van der Waals surface area contributed by atoms with E-state index >= 15 is 0 Å². The highest BCUT2D eigenvalue weighted by atomic mass is 32.2. The van der Waals surface area contributed by atoms with Gasteiger partial charge in [0.1, 0.15) is 21.7 Å². The molecule has 5 atom stereocenters. The van der Waals surface area contributed by atoms with Crippen LogP contribution in [0.25, 0.3) is 0 Å². The highest BCUT2D eigenvalue weighted by molar-refractivity contribution is 8.00. The Bertz CT molecular complexity index is 469. The first-order valence-corrected chi connectivity index (χ1v) is 11.4. The minimum atomic E-state index is -1.66. The lowest BCUT2D eigenvalue weighted by Crippen LogP contribution is -2.81. The van der Waals surface area contributed by atoms with Crippen molar-refractivity contribution >= 4 is 11.8 Å². The first-order chi connectivity index (χ1) is 12.4. The number of unbranched alkanes of at least 4 members (excludes halogenated alkanes) is 6. The van der Waals surface area contributed by atoms with Crippen molar-refractivity contribution in [1.82, 2.24) is 0 Å². The highest BCUT2D eigenvalue weighted by Crippen LogP contribution is 2.60. The molecule has 0 aliphatic carbocycles. The molecule has 0 aromatic carbocycles. The van der Waals surface area contributed by atoms with Crippen LogP contribution in [-0.4, -0.2) is 61.1 Å². The van der Waals surface area contributed by atoms with Crippen molar-refractivity contribution < 1.29 is 25.2 Å². The Balaban J connectivity index is 2.84. The minimum absolute atomic E-state index is 0.357. The molecule has 0 bridgehead atoms. The van der Waals surface area contributed by atoms with Crippen molar-refractivity contribution in [3.05, 3.63) is 0 Å². The van der Waals surface area contributed by atoms with Gasteiger partial charge in [-0.2, -0.15) is 0 Å². The molecule has 0 amide bonds. The quantitative estimate of drug-likeness (QED) is 0.393. The van der Waals surface area contributed by atoms with Gasteiger partial charge in [0.25, 0.3) is 0 Å². The number of hydrogen-bond donors (Lipinski definition) is 4. The molecule has 0 radical (unpaired) electrons. The van der Waals surface area contributed by atoms with Crippen molar-refractivity contribution in [1.29, 1.82) is 0 Å². The second-order valence-corrected chi connectivity index (χ2v) is 10.5. The molecular formula is C21H42O5S. The van der Waals surface area contributed by atoms with Crippen LogP contribution in [0.5, 0.6) is 0 Å². The molecule has 1 saturated heterocycles. The van der Waals surface area contributed by atoms with Gasteiger partial charge in [0.2, 0.25) is 0 Å². The van der Waals surface area contributed by atoms with Gasteiger partial charge in [-0.15, -0.1) is 11.8 Å². The van der Waals surface area contributed by atoms with Gasteiger partial charge in [0, 0.05) is 0 Å². The van der Waals surface area contributed by atoms with Crippen molar-refractivity contribution in [2.45, 2.75) is 108 Å². The molecule has 2 unspecified atom stereocenters. The van der Waals surface area contributed by atoms with E-state index in [0.29, 0.717) is 0 Å². The van der Waals surface area contributed by atoms with E-state index in [9.17, 15) is 20.4 Å². The van der Waals surface area contributed by atoms with Gasteiger partial charge in [-0.3, -0.25) is 0 Å². The topological polar surface area (TPSA) is 90.2 Å². The Labute approximate surface area is 169 Å². The monoisotopic (exact) mass is 406 g/mol. The summed E-state index contributed by atoms with van der Waals surface area (Å²) in [5.41, 5.74) is -5.68. The lowest BCUT2D eigenvalue weighted by molar-refractivity contribution is -0.369. The van der Waals surface area contributed by atoms with Crippen LogP contribution in [0.1, 0.15) is 86.5 Å². The van der Waals surface area contributed by atoms with Crippen molar-refractivity contribution in [2.75, 3.05) is 19.0 Å². The second-order valence-electron chi connectivity index (χ2n) is 9.04. The van der Waals surface area contributed by atoms with Gasteiger partial charge in [0.15, 0.2) is 0 Å². The van der Waals surface area contributed by atoms with E-state index in [1.165, 1.54) is 50.8 Å². The molecule has 4 N–H and O–H groups in total. The molecule has 1 fully saturated rings. The third-order valence-corrected chi connectivity index (χ3v) is 8.76. The molecule has 0 aromatic rings. The Morgan fingerprint density at radius 2 is 1.26 bits per heavy atom. The maximum absolute atomic E-state index is 11.3. The van der Waals surface area contributed by atoms with Gasteiger partial charge in [-0.1, -0.05) is 52.4 Å². The van der Waals surface area contributed by atoms with E-state index in [4.69, 9.17) is 4.74 Å². The highest BCUT2D eigenvalue weighted by Gasteiger charge is 2.73. The van der Waals surface area contributed by atoms with E-state index in [1.54, 1.807) is 27.7 Å². The van der Waals surface area contributed by atoms with E-state index in [2.05, 4.69) is 6.92 Å². The smallest absolute Gasteiger partial charge is 0.143 e. The van der Waals surface area contributed by atoms with E-state index in [1.807, 2.05) is 0 Å². The van der Waals surface area contributed by atoms with E-state index in [0.717, 1.165) is 18.6 Å². The lowest BCUT2D eigenvalue weighted by Gasteiger charge is -2.67. The first kappa shape index (κ1) is 25.2. The van der Waals surface area contributed by atoms with Crippen LogP contribution >= 0.6 is 11.8 Å². The number of ether oxygens (including phenoxy) is 1. The largest absolute Gasteiger partial charge is 0.396 e. The fourth-order valence-electron chi connectivity index (χ4n) is 4.16. The summed E-state index contributed by atoms with van der Waals surface area (Å²) in [7, 11) is 0. The minimum Gasteiger partial charge on any atom is -0.396 e. The summed E-state index contributed by atoms with van der Waals surface area (Å²) in [6.07, 6.45) is 8.45. The van der Waals surface area contributed by atoms with Crippen molar-refractivity contribution in [3.8, 4) is 0 Å². The van der Waals surface area contributed by atoms with Crippen LogP contribution in [0.15, 0.2) is 0 Å². The maximum atomic E-state index is 11.3. The molecule has 5 nitrogen and oxygen atoms in total. The number of thioether (sulfide) groups is 1. The normalized spacial score (nSPS) is 42.4. The molecule has 1 heterocycles. The van der Waals surface area contributed by atoms with Crippen LogP contribution in [0.4, 0.5) is 0 Å². The fraction of sp³-hybridized carbons (Fsp3) is 1.00. The number of rotatable bonds is 11. The Hall–Kier alpha value is 0.150. The maximum Gasteiger partial charge on any atom is 0.143 e. The second kappa shape index (κ2) is 9.31. The van der Waals surface area contributed by atoms with E-state index in [-0.39, 0.29) is 6.61 Å². The Morgan fingerprint density at radius 1 is 0.741 bits per heavy atom. The molecule has 162 valence electrons. The summed E-state index contributed by atoms with van der Waals surface area (Å²) >= 11 is 1.48. The van der Waals surface area contributed by atoms with Crippen LogP contribution in [0, 0.1) is 5.41 Å². The predicted octanol–water partition coefficient (Wildman–Crippen LogP) is 3.47. The Morgan fingerprint density at radius 3 is 1.74 bits per heavy atom. The molecule has 1 aliphatic rings. The molecule has 0 aromatic heterocycles. The zero-order chi connectivity index (χ0) is 21.0. The van der Waals surface area contributed by atoms with Crippen molar-refractivity contribution in [3.63, 3.8) is 0 Å². The van der Waals surface area contributed by atoms with Gasteiger partial charge >= 0.3 is 0 Å². The van der Waals surface area contributed by atoms with E-state index < -0.39 is 33.8 Å². The van der Waals surface area contributed by atoms with Gasteiger partial charge in [-0.05, 0) is 39.9 Å². The summed E-state index contributed by atoms with van der Waals surface area (Å²) in [6.45, 7) is 9.66. The van der Waals surface area contributed by atoms with Crippen LogP contribution in [0.3, 0.4) is 0 Å². The molecule has 1 aliphatic heterocycles. The molecule has 0 saturated carbocycles. The number of aliphatic hydroxyl groups is 4. The first-order valence-electron chi connectivity index (χ1n) is 10.4. The number of hydrogen-bond acceptors (Lipinski definition) is 6. The zero-order valence-corrected chi connectivity index (χ0v) is 19.0. The third kappa shape index (κ3) is 4.36. The van der Waals surface area contributed by atoms with Gasteiger partial charge in [-0.25, -0.2) is 0 Å². The van der Waals surface area contributed by atoms with Gasteiger partial charge < -0.3 is 25.2 Å². The standard InChI is InChI=1S/C21H42O5S/c1-7-8-9-10-11-12-13-14-27-21(6)20(5,25)19(4,24)17(2,15-22)18(3,16-23)26-21/h22-25H,7-16H2,1-6H3/t17-,18?,19?,20+,21+/m1/s1. The Kier molecular flexibility index (Phi) is 8.68. The average molecular weight is 407 g/mol. The average Bonchev–Trinajstić information content (AvgIpc) is 2.61. The summed E-state index contributed by atoms with van der Waals surface area (Å²) in [5, 5.41) is 42.7. The SMILES string of the molecule is CCCCCCCCCS[C@]1(C)OC(C)(CO)[C@@](C)(CO)C(C)(O)[C@]1(C)O. The molecule has 6 heteroatoms. The zero-order valence-electron chi connectivity index (χ0n) is 18.2. The van der Waals surface area contributed by atoms with Gasteiger partial charge in [0.05, 0.1) is 18.6 Å². The third-order valence-electron chi connectivity index (χ3n) is 7.24.